The maximum Gasteiger partial charge on any atom is 0.239 e. The quantitative estimate of drug-likeness (QED) is 0.752. The van der Waals surface area contributed by atoms with Gasteiger partial charge in [0.2, 0.25) is 5.88 Å². The molecule has 1 aromatic heterocycles. The predicted molar refractivity (Wildman–Crippen MR) is 85.5 cm³/mol. The van der Waals surface area contributed by atoms with Crippen LogP contribution in [0.15, 0.2) is 12.1 Å². The number of hydrogen-bond donors (Lipinski definition) is 1. The van der Waals surface area contributed by atoms with Crippen LogP contribution in [0.4, 0.5) is 11.5 Å². The molecule has 0 aliphatic heterocycles. The van der Waals surface area contributed by atoms with Gasteiger partial charge in [0.1, 0.15) is 5.82 Å². The van der Waals surface area contributed by atoms with E-state index in [0.29, 0.717) is 18.2 Å². The number of nitrogens with zero attached hydrogens (tertiary/aromatic N) is 3. The molecule has 0 atom stereocenters. The van der Waals surface area contributed by atoms with E-state index in [-0.39, 0.29) is 0 Å². The molecule has 20 heavy (non-hydrogen) atoms. The molecule has 0 fully saturated rings. The Hall–Kier alpha value is -1.49. The van der Waals surface area contributed by atoms with Gasteiger partial charge in [0, 0.05) is 19.6 Å². The Morgan fingerprint density at radius 2 is 1.85 bits per heavy atom. The van der Waals surface area contributed by atoms with Crippen LogP contribution >= 0.6 is 0 Å². The molecule has 0 saturated carbocycles. The van der Waals surface area contributed by atoms with E-state index >= 15 is 0 Å². The molecule has 5 heteroatoms. The van der Waals surface area contributed by atoms with E-state index in [9.17, 15) is 0 Å². The lowest BCUT2D eigenvalue weighted by Gasteiger charge is -2.25. The van der Waals surface area contributed by atoms with E-state index in [2.05, 4.69) is 42.7 Å². The highest BCUT2D eigenvalue weighted by Gasteiger charge is 2.11. The Labute approximate surface area is 122 Å². The van der Waals surface area contributed by atoms with Crippen molar-refractivity contribution < 1.29 is 4.74 Å². The van der Waals surface area contributed by atoms with Crippen molar-refractivity contribution in [2.24, 2.45) is 0 Å². The van der Waals surface area contributed by atoms with Gasteiger partial charge in [-0.1, -0.05) is 13.8 Å². The fraction of sp³-hybridized carbons (Fsp3) is 0.667. The van der Waals surface area contributed by atoms with Crippen molar-refractivity contribution in [2.45, 2.75) is 26.7 Å². The van der Waals surface area contributed by atoms with Crippen molar-refractivity contribution >= 4 is 11.5 Å². The van der Waals surface area contributed by atoms with Crippen molar-refractivity contribution in [1.82, 2.24) is 9.88 Å². The molecule has 5 nitrogen and oxygen atoms in total. The summed E-state index contributed by atoms with van der Waals surface area (Å²) in [6, 6.07) is 3.85. The molecule has 1 heterocycles. The van der Waals surface area contributed by atoms with E-state index in [1.165, 1.54) is 0 Å². The van der Waals surface area contributed by atoms with E-state index in [0.717, 1.165) is 38.3 Å². The molecule has 0 spiro atoms. The maximum atomic E-state index is 5.91. The van der Waals surface area contributed by atoms with Crippen LogP contribution in [0.25, 0.3) is 0 Å². The van der Waals surface area contributed by atoms with Gasteiger partial charge < -0.3 is 20.3 Å². The van der Waals surface area contributed by atoms with Gasteiger partial charge in [0.25, 0.3) is 0 Å². The van der Waals surface area contributed by atoms with Crippen LogP contribution in [0.1, 0.15) is 26.7 Å². The van der Waals surface area contributed by atoms with Crippen molar-refractivity contribution in [3.63, 3.8) is 0 Å². The number of likely N-dealkylation sites (N-methyl/N-ethyl adjacent to an activating group) is 1. The minimum absolute atomic E-state index is 0.551. The van der Waals surface area contributed by atoms with Crippen molar-refractivity contribution in [3.05, 3.63) is 12.1 Å². The first-order valence-corrected chi connectivity index (χ1v) is 7.37. The normalized spacial score (nSPS) is 10.8. The van der Waals surface area contributed by atoms with Gasteiger partial charge in [0.15, 0.2) is 0 Å². The summed E-state index contributed by atoms with van der Waals surface area (Å²) in [6.07, 6.45) is 2.04. The van der Waals surface area contributed by atoms with Gasteiger partial charge in [-0.3, -0.25) is 0 Å². The molecule has 0 amide bonds. The first-order chi connectivity index (χ1) is 9.58. The molecular formula is C15H28N4O. The lowest BCUT2D eigenvalue weighted by molar-refractivity contribution is 0.307. The van der Waals surface area contributed by atoms with Crippen molar-refractivity contribution in [2.75, 3.05) is 51.0 Å². The van der Waals surface area contributed by atoms with Crippen LogP contribution in [0.5, 0.6) is 5.88 Å². The molecule has 1 aromatic rings. The largest absolute Gasteiger partial charge is 0.476 e. The van der Waals surface area contributed by atoms with Crippen LogP contribution in [0, 0.1) is 0 Å². The summed E-state index contributed by atoms with van der Waals surface area (Å²) in [5.41, 5.74) is 6.52. The molecular weight excluding hydrogens is 252 g/mol. The van der Waals surface area contributed by atoms with E-state index in [1.54, 1.807) is 0 Å². The SMILES string of the molecule is CCCOc1nc(N(CCC)CCN(C)C)ccc1N. The highest BCUT2D eigenvalue weighted by molar-refractivity contribution is 5.54. The zero-order chi connectivity index (χ0) is 15.0. The maximum absolute atomic E-state index is 5.91. The molecule has 0 aromatic carbocycles. The Bertz CT molecular complexity index is 395. The second-order valence-corrected chi connectivity index (χ2v) is 5.20. The molecule has 114 valence electrons. The molecule has 2 N–H and O–H groups in total. The van der Waals surface area contributed by atoms with Crippen LogP contribution in [0.2, 0.25) is 0 Å². The summed E-state index contributed by atoms with van der Waals surface area (Å²) >= 11 is 0. The zero-order valence-corrected chi connectivity index (χ0v) is 13.2. The number of pyridine rings is 1. The minimum atomic E-state index is 0.551. The third kappa shape index (κ3) is 5.25. The van der Waals surface area contributed by atoms with Crippen LogP contribution in [0.3, 0.4) is 0 Å². The zero-order valence-electron chi connectivity index (χ0n) is 13.2. The van der Waals surface area contributed by atoms with Crippen LogP contribution in [-0.2, 0) is 0 Å². The summed E-state index contributed by atoms with van der Waals surface area (Å²) < 4.78 is 5.61. The molecule has 1 rings (SSSR count). The summed E-state index contributed by atoms with van der Waals surface area (Å²) in [5.74, 6) is 1.49. The lowest BCUT2D eigenvalue weighted by atomic mass is 10.3. The van der Waals surface area contributed by atoms with E-state index in [4.69, 9.17) is 10.5 Å². The number of hydrogen-bond acceptors (Lipinski definition) is 5. The van der Waals surface area contributed by atoms with E-state index in [1.807, 2.05) is 12.1 Å². The van der Waals surface area contributed by atoms with Crippen molar-refractivity contribution in [1.29, 1.82) is 0 Å². The Morgan fingerprint density at radius 1 is 1.10 bits per heavy atom. The third-order valence-corrected chi connectivity index (χ3v) is 2.95. The van der Waals surface area contributed by atoms with Gasteiger partial charge in [-0.05, 0) is 39.1 Å². The first-order valence-electron chi connectivity index (χ1n) is 7.37. The third-order valence-electron chi connectivity index (χ3n) is 2.95. The molecule has 0 aliphatic rings. The predicted octanol–water partition coefficient (Wildman–Crippen LogP) is 2.23. The monoisotopic (exact) mass is 280 g/mol. The molecule has 0 radical (unpaired) electrons. The average molecular weight is 280 g/mol. The Kier molecular flexibility index (Phi) is 7.15. The van der Waals surface area contributed by atoms with Crippen LogP contribution in [-0.4, -0.2) is 50.2 Å². The van der Waals surface area contributed by atoms with Crippen LogP contribution < -0.4 is 15.4 Å². The molecule has 0 bridgehead atoms. The number of nitrogens with two attached hydrogens (primary N) is 1. The summed E-state index contributed by atoms with van der Waals surface area (Å²) in [7, 11) is 4.16. The van der Waals surface area contributed by atoms with Gasteiger partial charge >= 0.3 is 0 Å². The van der Waals surface area contributed by atoms with Gasteiger partial charge in [-0.2, -0.15) is 4.98 Å². The standard InChI is InChI=1S/C15H28N4O/c1-5-9-19(11-10-18(3)4)14-8-7-13(16)15(17-14)20-12-6-2/h7-8H,5-6,9-12,16H2,1-4H3. The minimum Gasteiger partial charge on any atom is -0.476 e. The fourth-order valence-corrected chi connectivity index (χ4v) is 1.86. The Morgan fingerprint density at radius 3 is 2.45 bits per heavy atom. The number of nitrogen functional groups attached to an aromatic ring is 1. The summed E-state index contributed by atoms with van der Waals surface area (Å²) in [4.78, 5) is 9.02. The van der Waals surface area contributed by atoms with Gasteiger partial charge in [-0.15, -0.1) is 0 Å². The van der Waals surface area contributed by atoms with Crippen molar-refractivity contribution in [3.8, 4) is 5.88 Å². The molecule has 0 aliphatic carbocycles. The fourth-order valence-electron chi connectivity index (χ4n) is 1.86. The number of ether oxygens (including phenoxy) is 1. The smallest absolute Gasteiger partial charge is 0.239 e. The number of anilines is 2. The first kappa shape index (κ1) is 16.6. The summed E-state index contributed by atoms with van der Waals surface area (Å²) in [5, 5.41) is 0. The molecule has 0 saturated heterocycles. The average Bonchev–Trinajstić information content (AvgIpc) is 2.42. The number of aromatic nitrogens is 1. The highest BCUT2D eigenvalue weighted by atomic mass is 16.5. The van der Waals surface area contributed by atoms with Gasteiger partial charge in [0.05, 0.1) is 12.3 Å². The summed E-state index contributed by atoms with van der Waals surface area (Å²) in [6.45, 7) is 7.82. The van der Waals surface area contributed by atoms with Gasteiger partial charge in [-0.25, -0.2) is 0 Å². The molecule has 0 unspecified atom stereocenters. The number of rotatable bonds is 9. The van der Waals surface area contributed by atoms with E-state index < -0.39 is 0 Å². The highest BCUT2D eigenvalue weighted by Crippen LogP contribution is 2.23. The topological polar surface area (TPSA) is 54.6 Å². The second-order valence-electron chi connectivity index (χ2n) is 5.20. The lowest BCUT2D eigenvalue weighted by Crippen LogP contribution is -2.33. The Balaban J connectivity index is 2.83. The second kappa shape index (κ2) is 8.64.